The Hall–Kier alpha value is -1.74. The van der Waals surface area contributed by atoms with Crippen LogP contribution in [0.4, 0.5) is 0 Å². The molecular weight excluding hydrogens is 238 g/mol. The molecule has 0 saturated heterocycles. The highest BCUT2D eigenvalue weighted by Crippen LogP contribution is 2.31. The van der Waals surface area contributed by atoms with Gasteiger partial charge in [-0.15, -0.1) is 0 Å². The maximum atomic E-state index is 9.54. The summed E-state index contributed by atoms with van der Waals surface area (Å²) < 4.78 is 5.34. The van der Waals surface area contributed by atoms with Gasteiger partial charge in [-0.2, -0.15) is 0 Å². The van der Waals surface area contributed by atoms with E-state index < -0.39 is 0 Å². The van der Waals surface area contributed by atoms with E-state index in [1.807, 2.05) is 24.3 Å². The molecule has 0 fully saturated rings. The highest BCUT2D eigenvalue weighted by Gasteiger charge is 2.19. The summed E-state index contributed by atoms with van der Waals surface area (Å²) in [6.07, 6.45) is 6.04. The third kappa shape index (κ3) is 2.82. The first kappa shape index (κ1) is 12.3. The second-order valence-corrected chi connectivity index (χ2v) is 5.11. The molecule has 1 aliphatic carbocycles. The number of rotatable bonds is 4. The molecule has 1 unspecified atom stereocenters. The zero-order chi connectivity index (χ0) is 13.1. The molecule has 0 spiro atoms. The van der Waals surface area contributed by atoms with E-state index in [4.69, 9.17) is 4.42 Å². The summed E-state index contributed by atoms with van der Waals surface area (Å²) in [5.74, 6) is 1.39. The molecule has 1 heterocycles. The Morgan fingerprint density at radius 1 is 1.32 bits per heavy atom. The third-order valence-electron chi connectivity index (χ3n) is 3.78. The fourth-order valence-electron chi connectivity index (χ4n) is 2.84. The molecule has 3 nitrogen and oxygen atoms in total. The summed E-state index contributed by atoms with van der Waals surface area (Å²) in [6.45, 7) is 0.915. The zero-order valence-corrected chi connectivity index (χ0v) is 10.9. The van der Waals surface area contributed by atoms with Crippen molar-refractivity contribution in [2.75, 3.05) is 6.54 Å². The van der Waals surface area contributed by atoms with Gasteiger partial charge in [-0.3, -0.25) is 0 Å². The van der Waals surface area contributed by atoms with Gasteiger partial charge >= 0.3 is 0 Å². The minimum Gasteiger partial charge on any atom is -0.508 e. The number of hydrogen-bond acceptors (Lipinski definition) is 3. The molecule has 1 aliphatic rings. The number of phenolic OH excluding ortho intramolecular Hbond substituents is 1. The van der Waals surface area contributed by atoms with Crippen LogP contribution in [0.5, 0.6) is 5.75 Å². The lowest BCUT2D eigenvalue weighted by Gasteiger charge is -2.26. The first-order valence-corrected chi connectivity index (χ1v) is 6.90. The molecule has 19 heavy (non-hydrogen) atoms. The Kier molecular flexibility index (Phi) is 3.56. The van der Waals surface area contributed by atoms with Crippen LogP contribution in [-0.2, 0) is 12.8 Å². The fraction of sp³-hybridized carbons (Fsp3) is 0.375. The molecular formula is C16H19NO2. The first-order chi connectivity index (χ1) is 9.33. The molecule has 1 aromatic heterocycles. The SMILES string of the molecule is Oc1ccc2c(c1)CCCC2NCCc1ccco1. The largest absolute Gasteiger partial charge is 0.508 e. The molecule has 3 rings (SSSR count). The van der Waals surface area contributed by atoms with Gasteiger partial charge in [0.05, 0.1) is 6.26 Å². The van der Waals surface area contributed by atoms with Crippen LogP contribution >= 0.6 is 0 Å². The maximum Gasteiger partial charge on any atom is 0.115 e. The second kappa shape index (κ2) is 5.49. The van der Waals surface area contributed by atoms with Crippen LogP contribution in [0.3, 0.4) is 0 Å². The summed E-state index contributed by atoms with van der Waals surface area (Å²) in [6, 6.07) is 10.1. The van der Waals surface area contributed by atoms with E-state index in [2.05, 4.69) is 5.32 Å². The molecule has 100 valence electrons. The van der Waals surface area contributed by atoms with Gasteiger partial charge in [-0.05, 0) is 54.7 Å². The molecule has 0 bridgehead atoms. The molecule has 0 amide bonds. The van der Waals surface area contributed by atoms with Gasteiger partial charge in [-0.1, -0.05) is 6.07 Å². The lowest BCUT2D eigenvalue weighted by atomic mass is 9.87. The average molecular weight is 257 g/mol. The number of fused-ring (bicyclic) bond motifs is 1. The predicted octanol–water partition coefficient (Wildman–Crippen LogP) is 3.19. The minimum absolute atomic E-state index is 0.370. The number of phenols is 1. The number of furan rings is 1. The lowest BCUT2D eigenvalue weighted by molar-refractivity contribution is 0.438. The molecule has 2 aromatic rings. The van der Waals surface area contributed by atoms with Crippen LogP contribution in [-0.4, -0.2) is 11.7 Å². The molecule has 0 saturated carbocycles. The Morgan fingerprint density at radius 2 is 2.26 bits per heavy atom. The molecule has 1 aromatic carbocycles. The van der Waals surface area contributed by atoms with E-state index in [-0.39, 0.29) is 0 Å². The van der Waals surface area contributed by atoms with Gasteiger partial charge in [0.1, 0.15) is 11.5 Å². The first-order valence-electron chi connectivity index (χ1n) is 6.90. The lowest BCUT2D eigenvalue weighted by Crippen LogP contribution is -2.27. The van der Waals surface area contributed by atoms with Crippen LogP contribution in [0, 0.1) is 0 Å². The normalized spacial score (nSPS) is 18.2. The van der Waals surface area contributed by atoms with Gasteiger partial charge < -0.3 is 14.8 Å². The smallest absolute Gasteiger partial charge is 0.115 e. The number of hydrogen-bond donors (Lipinski definition) is 2. The molecule has 0 aliphatic heterocycles. The summed E-state index contributed by atoms with van der Waals surface area (Å²) in [5, 5.41) is 13.1. The van der Waals surface area contributed by atoms with E-state index in [9.17, 15) is 5.11 Å². The van der Waals surface area contributed by atoms with Crippen LogP contribution in [0.2, 0.25) is 0 Å². The van der Waals surface area contributed by atoms with Crippen molar-refractivity contribution in [3.8, 4) is 5.75 Å². The maximum absolute atomic E-state index is 9.54. The van der Waals surface area contributed by atoms with Crippen molar-refractivity contribution in [1.82, 2.24) is 5.32 Å². The quantitative estimate of drug-likeness (QED) is 0.884. The number of nitrogens with one attached hydrogen (secondary N) is 1. The number of aromatic hydroxyl groups is 1. The van der Waals surface area contributed by atoms with E-state index in [1.54, 1.807) is 12.3 Å². The Balaban J connectivity index is 1.63. The van der Waals surface area contributed by atoms with E-state index in [1.165, 1.54) is 17.5 Å². The summed E-state index contributed by atoms with van der Waals surface area (Å²) in [7, 11) is 0. The molecule has 3 heteroatoms. The highest BCUT2D eigenvalue weighted by atomic mass is 16.3. The Bertz CT molecular complexity index is 534. The Labute approximate surface area is 113 Å². The number of benzene rings is 1. The van der Waals surface area contributed by atoms with E-state index in [0.717, 1.165) is 31.6 Å². The summed E-state index contributed by atoms with van der Waals surface area (Å²) >= 11 is 0. The fourth-order valence-corrected chi connectivity index (χ4v) is 2.84. The van der Waals surface area contributed by atoms with E-state index in [0.29, 0.717) is 11.8 Å². The van der Waals surface area contributed by atoms with Gasteiger partial charge in [0.15, 0.2) is 0 Å². The third-order valence-corrected chi connectivity index (χ3v) is 3.78. The van der Waals surface area contributed by atoms with Crippen molar-refractivity contribution in [2.45, 2.75) is 31.7 Å². The van der Waals surface area contributed by atoms with Crippen molar-refractivity contribution in [3.63, 3.8) is 0 Å². The highest BCUT2D eigenvalue weighted by molar-refractivity contribution is 5.38. The van der Waals surface area contributed by atoms with Crippen LogP contribution in [0.15, 0.2) is 41.0 Å². The van der Waals surface area contributed by atoms with Crippen molar-refractivity contribution in [2.24, 2.45) is 0 Å². The second-order valence-electron chi connectivity index (χ2n) is 5.11. The average Bonchev–Trinajstić information content (AvgIpc) is 2.92. The zero-order valence-electron chi connectivity index (χ0n) is 10.9. The van der Waals surface area contributed by atoms with Gasteiger partial charge in [0.2, 0.25) is 0 Å². The van der Waals surface area contributed by atoms with Gasteiger partial charge in [0, 0.05) is 19.0 Å². The molecule has 0 radical (unpaired) electrons. The van der Waals surface area contributed by atoms with Crippen molar-refractivity contribution >= 4 is 0 Å². The van der Waals surface area contributed by atoms with Gasteiger partial charge in [0.25, 0.3) is 0 Å². The topological polar surface area (TPSA) is 45.4 Å². The molecule has 2 N–H and O–H groups in total. The van der Waals surface area contributed by atoms with E-state index >= 15 is 0 Å². The summed E-state index contributed by atoms with van der Waals surface area (Å²) in [5.41, 5.74) is 2.62. The van der Waals surface area contributed by atoms with Crippen LogP contribution in [0.25, 0.3) is 0 Å². The standard InChI is InChI=1S/C16H19NO2/c18-13-6-7-15-12(11-13)3-1-5-16(15)17-9-8-14-4-2-10-19-14/h2,4,6-7,10-11,16-18H,1,3,5,8-9H2. The minimum atomic E-state index is 0.370. The van der Waals surface area contributed by atoms with Gasteiger partial charge in [-0.25, -0.2) is 0 Å². The summed E-state index contributed by atoms with van der Waals surface area (Å²) in [4.78, 5) is 0. The van der Waals surface area contributed by atoms with Crippen LogP contribution < -0.4 is 5.32 Å². The molecule has 1 atom stereocenters. The Morgan fingerprint density at radius 3 is 3.11 bits per heavy atom. The predicted molar refractivity (Wildman–Crippen MR) is 74.2 cm³/mol. The van der Waals surface area contributed by atoms with Crippen LogP contribution in [0.1, 0.15) is 35.8 Å². The van der Waals surface area contributed by atoms with Crippen molar-refractivity contribution in [3.05, 3.63) is 53.5 Å². The monoisotopic (exact) mass is 257 g/mol. The number of aryl methyl sites for hydroxylation is 1. The van der Waals surface area contributed by atoms with Crippen molar-refractivity contribution in [1.29, 1.82) is 0 Å². The van der Waals surface area contributed by atoms with Crippen molar-refractivity contribution < 1.29 is 9.52 Å².